The van der Waals surface area contributed by atoms with Crippen LogP contribution in [0.15, 0.2) is 48.5 Å². The van der Waals surface area contributed by atoms with E-state index >= 15 is 0 Å². The van der Waals surface area contributed by atoms with Crippen molar-refractivity contribution in [3.63, 3.8) is 0 Å². The molecule has 0 heterocycles. The molecule has 0 aliphatic heterocycles. The molecule has 0 fully saturated rings. The Hall–Kier alpha value is -2.56. The normalized spacial score (nSPS) is 10.4. The summed E-state index contributed by atoms with van der Waals surface area (Å²) in [7, 11) is 0. The zero-order valence-electron chi connectivity index (χ0n) is 13.3. The fraction of sp³-hybridized carbons (Fsp3) is 0.278. The number of hydrogen-bond donors (Lipinski definition) is 2. The SMILES string of the molecule is CC(C)Oc1ccc(NC(=O)NCCc2ccccc2)c(F)c1. The molecule has 0 spiro atoms. The Balaban J connectivity index is 1.83. The first-order valence-electron chi connectivity index (χ1n) is 7.59. The Morgan fingerprint density at radius 1 is 1.17 bits per heavy atom. The van der Waals surface area contributed by atoms with Gasteiger partial charge in [0.15, 0.2) is 0 Å². The smallest absolute Gasteiger partial charge is 0.319 e. The lowest BCUT2D eigenvalue weighted by molar-refractivity contribution is 0.241. The Morgan fingerprint density at radius 2 is 1.91 bits per heavy atom. The fourth-order valence-electron chi connectivity index (χ4n) is 2.07. The molecule has 2 amide bonds. The van der Waals surface area contributed by atoms with Crippen LogP contribution in [0.3, 0.4) is 0 Å². The van der Waals surface area contributed by atoms with Crippen molar-refractivity contribution in [1.29, 1.82) is 0 Å². The zero-order chi connectivity index (χ0) is 16.7. The molecule has 2 rings (SSSR count). The highest BCUT2D eigenvalue weighted by Crippen LogP contribution is 2.21. The van der Waals surface area contributed by atoms with E-state index in [1.54, 1.807) is 6.07 Å². The minimum atomic E-state index is -0.527. The van der Waals surface area contributed by atoms with Crippen LogP contribution in [0, 0.1) is 5.82 Å². The second kappa shape index (κ2) is 8.17. The first-order valence-corrected chi connectivity index (χ1v) is 7.59. The molecule has 0 aromatic heterocycles. The molecule has 122 valence electrons. The van der Waals surface area contributed by atoms with E-state index in [1.165, 1.54) is 12.1 Å². The highest BCUT2D eigenvalue weighted by molar-refractivity contribution is 5.89. The summed E-state index contributed by atoms with van der Waals surface area (Å²) < 4.78 is 19.3. The van der Waals surface area contributed by atoms with E-state index < -0.39 is 11.8 Å². The molecular weight excluding hydrogens is 295 g/mol. The maximum Gasteiger partial charge on any atom is 0.319 e. The number of anilines is 1. The van der Waals surface area contributed by atoms with Gasteiger partial charge >= 0.3 is 6.03 Å². The van der Waals surface area contributed by atoms with E-state index in [4.69, 9.17) is 4.74 Å². The number of urea groups is 1. The Kier molecular flexibility index (Phi) is 5.97. The van der Waals surface area contributed by atoms with Crippen LogP contribution in [0.2, 0.25) is 0 Å². The lowest BCUT2D eigenvalue weighted by atomic mass is 10.1. The first-order chi connectivity index (χ1) is 11.0. The summed E-state index contributed by atoms with van der Waals surface area (Å²) >= 11 is 0. The molecule has 5 heteroatoms. The van der Waals surface area contributed by atoms with Crippen LogP contribution in [-0.2, 0) is 6.42 Å². The van der Waals surface area contributed by atoms with Gasteiger partial charge in [0.05, 0.1) is 11.8 Å². The maximum absolute atomic E-state index is 13.9. The molecule has 0 aliphatic carbocycles. The van der Waals surface area contributed by atoms with Gasteiger partial charge in [0.25, 0.3) is 0 Å². The van der Waals surface area contributed by atoms with Gasteiger partial charge in [-0.2, -0.15) is 0 Å². The summed E-state index contributed by atoms with van der Waals surface area (Å²) in [5, 5.41) is 5.20. The van der Waals surface area contributed by atoms with Crippen LogP contribution in [0.25, 0.3) is 0 Å². The third-order valence-electron chi connectivity index (χ3n) is 3.10. The van der Waals surface area contributed by atoms with E-state index in [9.17, 15) is 9.18 Å². The Morgan fingerprint density at radius 3 is 2.57 bits per heavy atom. The fourth-order valence-corrected chi connectivity index (χ4v) is 2.07. The zero-order valence-corrected chi connectivity index (χ0v) is 13.3. The average molecular weight is 316 g/mol. The molecule has 23 heavy (non-hydrogen) atoms. The third kappa shape index (κ3) is 5.62. The highest BCUT2D eigenvalue weighted by atomic mass is 19.1. The summed E-state index contributed by atoms with van der Waals surface area (Å²) in [6.07, 6.45) is 0.687. The van der Waals surface area contributed by atoms with Crippen molar-refractivity contribution in [2.75, 3.05) is 11.9 Å². The molecule has 0 unspecified atom stereocenters. The van der Waals surface area contributed by atoms with Gasteiger partial charge in [-0.05, 0) is 38.0 Å². The van der Waals surface area contributed by atoms with Crippen LogP contribution in [0.1, 0.15) is 19.4 Å². The quantitative estimate of drug-likeness (QED) is 0.847. The van der Waals surface area contributed by atoms with Gasteiger partial charge < -0.3 is 15.4 Å². The van der Waals surface area contributed by atoms with Crippen molar-refractivity contribution >= 4 is 11.7 Å². The van der Waals surface area contributed by atoms with Crippen molar-refractivity contribution in [3.8, 4) is 5.75 Å². The van der Waals surface area contributed by atoms with Crippen molar-refractivity contribution in [2.24, 2.45) is 0 Å². The summed E-state index contributed by atoms with van der Waals surface area (Å²) in [5.74, 6) is -0.0890. The standard InChI is InChI=1S/C18H21FN2O2/c1-13(2)23-15-8-9-17(16(19)12-15)21-18(22)20-11-10-14-6-4-3-5-7-14/h3-9,12-13H,10-11H2,1-2H3,(H2,20,21,22). The van der Waals surface area contributed by atoms with Crippen LogP contribution in [0.5, 0.6) is 5.75 Å². The number of nitrogens with one attached hydrogen (secondary N) is 2. The number of ether oxygens (including phenoxy) is 1. The third-order valence-corrected chi connectivity index (χ3v) is 3.10. The Labute approximate surface area is 135 Å². The van der Waals surface area contributed by atoms with E-state index in [2.05, 4.69) is 10.6 Å². The van der Waals surface area contributed by atoms with Crippen LogP contribution in [0.4, 0.5) is 14.9 Å². The average Bonchev–Trinajstić information content (AvgIpc) is 2.50. The topological polar surface area (TPSA) is 50.4 Å². The minimum Gasteiger partial charge on any atom is -0.491 e. The second-order valence-corrected chi connectivity index (χ2v) is 5.42. The van der Waals surface area contributed by atoms with Gasteiger partial charge in [-0.3, -0.25) is 0 Å². The van der Waals surface area contributed by atoms with Crippen molar-refractivity contribution < 1.29 is 13.9 Å². The number of benzene rings is 2. The number of halogens is 1. The molecule has 2 aromatic carbocycles. The summed E-state index contributed by atoms with van der Waals surface area (Å²) in [6, 6.07) is 13.8. The molecule has 0 atom stereocenters. The predicted octanol–water partition coefficient (Wildman–Crippen LogP) is 3.98. The van der Waals surface area contributed by atoms with E-state index in [0.717, 1.165) is 12.0 Å². The monoisotopic (exact) mass is 316 g/mol. The molecule has 0 bridgehead atoms. The van der Waals surface area contributed by atoms with E-state index in [-0.39, 0.29) is 11.8 Å². The second-order valence-electron chi connectivity index (χ2n) is 5.42. The predicted molar refractivity (Wildman–Crippen MR) is 89.3 cm³/mol. The molecule has 0 saturated heterocycles. The molecule has 2 aromatic rings. The summed E-state index contributed by atoms with van der Waals surface area (Å²) in [5.41, 5.74) is 1.26. The number of hydrogen-bond acceptors (Lipinski definition) is 2. The summed E-state index contributed by atoms with van der Waals surface area (Å²) in [4.78, 5) is 11.8. The van der Waals surface area contributed by atoms with E-state index in [1.807, 2.05) is 44.2 Å². The number of amides is 2. The lowest BCUT2D eigenvalue weighted by Gasteiger charge is -2.12. The number of rotatable bonds is 6. The van der Waals surface area contributed by atoms with Gasteiger partial charge in [0.2, 0.25) is 0 Å². The van der Waals surface area contributed by atoms with Crippen molar-refractivity contribution in [3.05, 3.63) is 59.9 Å². The van der Waals surface area contributed by atoms with Gasteiger partial charge in [0.1, 0.15) is 11.6 Å². The van der Waals surface area contributed by atoms with Gasteiger partial charge in [-0.25, -0.2) is 9.18 Å². The van der Waals surface area contributed by atoms with Crippen LogP contribution < -0.4 is 15.4 Å². The molecule has 0 saturated carbocycles. The molecule has 2 N–H and O–H groups in total. The molecular formula is C18H21FN2O2. The number of carbonyl (C=O) groups is 1. The molecule has 0 aliphatic rings. The lowest BCUT2D eigenvalue weighted by Crippen LogP contribution is -2.30. The van der Waals surface area contributed by atoms with Gasteiger partial charge in [-0.1, -0.05) is 30.3 Å². The van der Waals surface area contributed by atoms with Gasteiger partial charge in [-0.15, -0.1) is 0 Å². The molecule has 0 radical (unpaired) electrons. The largest absolute Gasteiger partial charge is 0.491 e. The van der Waals surface area contributed by atoms with Crippen LogP contribution in [-0.4, -0.2) is 18.7 Å². The first kappa shape index (κ1) is 16.8. The van der Waals surface area contributed by atoms with E-state index in [0.29, 0.717) is 12.3 Å². The maximum atomic E-state index is 13.9. The van der Waals surface area contributed by atoms with Crippen LogP contribution >= 0.6 is 0 Å². The highest BCUT2D eigenvalue weighted by Gasteiger charge is 2.08. The summed E-state index contributed by atoms with van der Waals surface area (Å²) in [6.45, 7) is 4.21. The molecule has 4 nitrogen and oxygen atoms in total. The van der Waals surface area contributed by atoms with Crippen molar-refractivity contribution in [2.45, 2.75) is 26.4 Å². The van der Waals surface area contributed by atoms with Gasteiger partial charge in [0, 0.05) is 12.6 Å². The minimum absolute atomic E-state index is 0.0329. The Bertz CT molecular complexity index is 645. The van der Waals surface area contributed by atoms with Crippen molar-refractivity contribution in [1.82, 2.24) is 5.32 Å². The number of carbonyl (C=O) groups excluding carboxylic acids is 1.